The third-order valence-electron chi connectivity index (χ3n) is 5.54. The third kappa shape index (κ3) is 1.89. The summed E-state index contributed by atoms with van der Waals surface area (Å²) in [6, 6.07) is 0. The fraction of sp³-hybridized carbons (Fsp3) is 0.812. The molecule has 3 aliphatic rings. The molecule has 2 aliphatic carbocycles. The molecule has 0 aromatic heterocycles. The summed E-state index contributed by atoms with van der Waals surface area (Å²) in [5.74, 6) is 2.13. The Kier molecular flexibility index (Phi) is 2.91. The maximum Gasteiger partial charge on any atom is 0.509 e. The minimum Gasteiger partial charge on any atom is -0.426 e. The summed E-state index contributed by atoms with van der Waals surface area (Å²) in [6.07, 6.45) is 5.08. The Morgan fingerprint density at radius 3 is 2.79 bits per heavy atom. The van der Waals surface area contributed by atoms with Crippen LogP contribution in [0.1, 0.15) is 47.0 Å². The monoisotopic (exact) mass is 264 g/mol. The molecule has 5 atom stereocenters. The smallest absolute Gasteiger partial charge is 0.426 e. The lowest BCUT2D eigenvalue weighted by Gasteiger charge is -2.34. The van der Waals surface area contributed by atoms with E-state index in [0.29, 0.717) is 23.7 Å². The Morgan fingerprint density at radius 1 is 1.37 bits per heavy atom. The second kappa shape index (κ2) is 4.26. The lowest BCUT2D eigenvalue weighted by Crippen LogP contribution is -2.44. The normalized spacial score (nSPS) is 45.1. The second-order valence-corrected chi connectivity index (χ2v) is 6.98. The van der Waals surface area contributed by atoms with Gasteiger partial charge in [0.15, 0.2) is 5.60 Å². The highest BCUT2D eigenvalue weighted by Gasteiger charge is 2.58. The Balaban J connectivity index is 2.02. The Bertz CT molecular complexity index is 426. The molecule has 19 heavy (non-hydrogen) atoms. The van der Waals surface area contributed by atoms with Crippen LogP contribution in [0.4, 0.5) is 4.79 Å². The van der Waals surface area contributed by atoms with Crippen molar-refractivity contribution < 1.29 is 14.3 Å². The van der Waals surface area contributed by atoms with E-state index in [1.807, 2.05) is 0 Å². The van der Waals surface area contributed by atoms with Gasteiger partial charge in [-0.25, -0.2) is 4.79 Å². The molecular weight excluding hydrogens is 240 g/mol. The highest BCUT2D eigenvalue weighted by atomic mass is 16.8. The van der Waals surface area contributed by atoms with Crippen molar-refractivity contribution in [2.75, 3.05) is 0 Å². The Morgan fingerprint density at radius 2 is 2.11 bits per heavy atom. The van der Waals surface area contributed by atoms with Crippen molar-refractivity contribution in [2.24, 2.45) is 23.7 Å². The van der Waals surface area contributed by atoms with Crippen molar-refractivity contribution in [2.45, 2.75) is 58.7 Å². The van der Waals surface area contributed by atoms with E-state index in [1.165, 1.54) is 12.0 Å². The number of hydrogen-bond acceptors (Lipinski definition) is 3. The van der Waals surface area contributed by atoms with E-state index >= 15 is 0 Å². The van der Waals surface area contributed by atoms with Crippen molar-refractivity contribution in [1.82, 2.24) is 0 Å². The number of rotatable bonds is 1. The Hall–Kier alpha value is -0.990. The highest BCUT2D eigenvalue weighted by molar-refractivity contribution is 5.64. The van der Waals surface area contributed by atoms with E-state index in [-0.39, 0.29) is 6.10 Å². The van der Waals surface area contributed by atoms with E-state index < -0.39 is 11.8 Å². The van der Waals surface area contributed by atoms with Gasteiger partial charge in [-0.15, -0.1) is 0 Å². The maximum atomic E-state index is 11.6. The van der Waals surface area contributed by atoms with E-state index in [4.69, 9.17) is 9.47 Å². The fourth-order valence-corrected chi connectivity index (χ4v) is 4.19. The van der Waals surface area contributed by atoms with Crippen molar-refractivity contribution >= 4 is 6.16 Å². The fourth-order valence-electron chi connectivity index (χ4n) is 4.19. The van der Waals surface area contributed by atoms with Gasteiger partial charge in [0.05, 0.1) is 0 Å². The first-order valence-electron chi connectivity index (χ1n) is 7.52. The summed E-state index contributed by atoms with van der Waals surface area (Å²) < 4.78 is 11.1. The molecular formula is C16H24O3. The molecule has 0 N–H and O–H groups in total. The zero-order chi connectivity index (χ0) is 13.8. The molecule has 3 nitrogen and oxygen atoms in total. The minimum absolute atomic E-state index is 0.103. The number of carbonyl (C=O) groups excluding carboxylic acids is 1. The molecule has 3 heteroatoms. The van der Waals surface area contributed by atoms with Crippen LogP contribution in [0.25, 0.3) is 0 Å². The molecule has 106 valence electrons. The van der Waals surface area contributed by atoms with Crippen LogP contribution in [0.3, 0.4) is 0 Å². The van der Waals surface area contributed by atoms with Crippen LogP contribution in [0, 0.1) is 23.7 Å². The average Bonchev–Trinajstić information content (AvgIpc) is 2.77. The molecule has 0 amide bonds. The van der Waals surface area contributed by atoms with Crippen LogP contribution >= 0.6 is 0 Å². The van der Waals surface area contributed by atoms with Crippen LogP contribution in [-0.4, -0.2) is 17.9 Å². The molecule has 0 aromatic rings. The summed E-state index contributed by atoms with van der Waals surface area (Å²) in [5.41, 5.74) is 0.996. The van der Waals surface area contributed by atoms with Gasteiger partial charge in [-0.2, -0.15) is 0 Å². The number of hydrogen-bond donors (Lipinski definition) is 0. The molecule has 1 heterocycles. The first-order chi connectivity index (χ1) is 8.91. The van der Waals surface area contributed by atoms with Crippen LogP contribution in [0.2, 0.25) is 0 Å². The van der Waals surface area contributed by atoms with E-state index in [2.05, 4.69) is 33.8 Å². The molecule has 1 saturated heterocycles. The van der Waals surface area contributed by atoms with Crippen molar-refractivity contribution in [3.63, 3.8) is 0 Å². The summed E-state index contributed by atoms with van der Waals surface area (Å²) in [6.45, 7) is 8.84. The molecule has 0 aromatic carbocycles. The predicted octanol–water partition coefficient (Wildman–Crippen LogP) is 3.93. The van der Waals surface area contributed by atoms with E-state index in [0.717, 1.165) is 12.8 Å². The van der Waals surface area contributed by atoms with Crippen LogP contribution in [0.5, 0.6) is 0 Å². The number of fused-ring (bicyclic) bond motifs is 3. The SMILES string of the molecule is CC(C)C1=C[C@@H]2[C@H](C)CC[C@H]2[C@]2(C)OC(=O)O[C@@H]2C1. The van der Waals surface area contributed by atoms with Crippen LogP contribution < -0.4 is 0 Å². The molecule has 0 radical (unpaired) electrons. The third-order valence-corrected chi connectivity index (χ3v) is 5.54. The summed E-state index contributed by atoms with van der Waals surface area (Å²) >= 11 is 0. The molecule has 1 saturated carbocycles. The zero-order valence-electron chi connectivity index (χ0n) is 12.3. The van der Waals surface area contributed by atoms with Crippen LogP contribution in [-0.2, 0) is 9.47 Å². The molecule has 3 rings (SSSR count). The molecule has 0 spiro atoms. The maximum absolute atomic E-state index is 11.6. The lowest BCUT2D eigenvalue weighted by molar-refractivity contribution is -0.0166. The summed E-state index contributed by atoms with van der Waals surface area (Å²) in [7, 11) is 0. The van der Waals surface area contributed by atoms with Gasteiger partial charge in [0, 0.05) is 12.3 Å². The number of ether oxygens (including phenoxy) is 2. The minimum atomic E-state index is -0.476. The first-order valence-corrected chi connectivity index (χ1v) is 7.52. The first kappa shape index (κ1) is 13.0. The van der Waals surface area contributed by atoms with Gasteiger partial charge >= 0.3 is 6.16 Å². The molecule has 0 bridgehead atoms. The Labute approximate surface area is 115 Å². The zero-order valence-corrected chi connectivity index (χ0v) is 12.3. The molecule has 1 aliphatic heterocycles. The average molecular weight is 264 g/mol. The van der Waals surface area contributed by atoms with Gasteiger partial charge in [0.2, 0.25) is 0 Å². The van der Waals surface area contributed by atoms with Crippen molar-refractivity contribution in [3.05, 3.63) is 11.6 Å². The summed E-state index contributed by atoms with van der Waals surface area (Å²) in [5, 5.41) is 0. The van der Waals surface area contributed by atoms with Gasteiger partial charge in [0.1, 0.15) is 6.10 Å². The van der Waals surface area contributed by atoms with E-state index in [1.54, 1.807) is 0 Å². The van der Waals surface area contributed by atoms with Gasteiger partial charge < -0.3 is 9.47 Å². The van der Waals surface area contributed by atoms with Gasteiger partial charge in [-0.1, -0.05) is 32.4 Å². The highest BCUT2D eigenvalue weighted by Crippen LogP contribution is 2.52. The van der Waals surface area contributed by atoms with Gasteiger partial charge in [-0.05, 0) is 37.5 Å². The largest absolute Gasteiger partial charge is 0.509 e. The van der Waals surface area contributed by atoms with Crippen molar-refractivity contribution in [3.8, 4) is 0 Å². The number of carbonyl (C=O) groups is 1. The van der Waals surface area contributed by atoms with Gasteiger partial charge in [-0.3, -0.25) is 0 Å². The second-order valence-electron chi connectivity index (χ2n) is 6.98. The molecule has 2 fully saturated rings. The topological polar surface area (TPSA) is 35.5 Å². The summed E-state index contributed by atoms with van der Waals surface area (Å²) in [4.78, 5) is 11.6. The van der Waals surface area contributed by atoms with Gasteiger partial charge in [0.25, 0.3) is 0 Å². The van der Waals surface area contributed by atoms with E-state index in [9.17, 15) is 4.79 Å². The van der Waals surface area contributed by atoms with Crippen LogP contribution in [0.15, 0.2) is 11.6 Å². The standard InChI is InChI=1S/C16H24O3/c1-9(2)11-7-12-10(3)5-6-13(12)16(4)14(8-11)18-15(17)19-16/h7,9-10,12-14H,5-6,8H2,1-4H3/t10-,12-,13-,14-,16+/m1/s1. The number of allylic oxidation sites excluding steroid dienone is 1. The predicted molar refractivity (Wildman–Crippen MR) is 72.7 cm³/mol. The molecule has 0 unspecified atom stereocenters. The lowest BCUT2D eigenvalue weighted by atomic mass is 9.77. The van der Waals surface area contributed by atoms with Crippen molar-refractivity contribution in [1.29, 1.82) is 0 Å². The quantitative estimate of drug-likeness (QED) is 0.532.